The minimum Gasteiger partial charge on any atom is -0.348 e. The molecule has 0 aliphatic carbocycles. The van der Waals surface area contributed by atoms with E-state index in [0.29, 0.717) is 5.65 Å². The zero-order valence-corrected chi connectivity index (χ0v) is 11.8. The molecule has 2 aromatic heterocycles. The summed E-state index contributed by atoms with van der Waals surface area (Å²) in [4.78, 5) is 19.2. The van der Waals surface area contributed by atoms with Crippen molar-refractivity contribution in [3.05, 3.63) is 65.5 Å². The van der Waals surface area contributed by atoms with Crippen LogP contribution >= 0.6 is 0 Å². The van der Waals surface area contributed by atoms with Gasteiger partial charge in [0.25, 0.3) is 5.91 Å². The van der Waals surface area contributed by atoms with Gasteiger partial charge in [-0.25, -0.2) is 4.98 Å². The number of hydrogen-bond donors (Lipinski definition) is 2. The average molecular weight is 319 g/mol. The molecule has 2 heterocycles. The topological polar surface area (TPSA) is 57.8 Å². The number of carbonyl (C=O) groups excluding carboxylic acids is 1. The van der Waals surface area contributed by atoms with E-state index in [-0.39, 0.29) is 12.1 Å². The molecule has 23 heavy (non-hydrogen) atoms. The van der Waals surface area contributed by atoms with Crippen molar-refractivity contribution in [2.75, 3.05) is 0 Å². The smallest absolute Gasteiger partial charge is 0.348 e. The first-order chi connectivity index (χ1) is 10.9. The number of fused-ring (bicyclic) bond motifs is 1. The third-order valence-corrected chi connectivity index (χ3v) is 3.45. The number of halogens is 3. The van der Waals surface area contributed by atoms with Gasteiger partial charge in [0.15, 0.2) is 0 Å². The highest BCUT2D eigenvalue weighted by molar-refractivity contribution is 5.94. The first-order valence-electron chi connectivity index (χ1n) is 6.81. The van der Waals surface area contributed by atoms with Gasteiger partial charge in [-0.15, -0.1) is 0 Å². The van der Waals surface area contributed by atoms with Gasteiger partial charge in [0, 0.05) is 29.9 Å². The lowest BCUT2D eigenvalue weighted by molar-refractivity contribution is -0.137. The Morgan fingerprint density at radius 3 is 2.61 bits per heavy atom. The molecule has 0 saturated carbocycles. The van der Waals surface area contributed by atoms with E-state index in [9.17, 15) is 18.0 Å². The van der Waals surface area contributed by atoms with Gasteiger partial charge in [0.05, 0.1) is 5.56 Å². The minimum atomic E-state index is -4.41. The molecule has 7 heteroatoms. The highest BCUT2D eigenvalue weighted by atomic mass is 19.4. The van der Waals surface area contributed by atoms with E-state index in [1.54, 1.807) is 18.5 Å². The van der Waals surface area contributed by atoms with Crippen molar-refractivity contribution in [3.63, 3.8) is 0 Å². The second-order valence-electron chi connectivity index (χ2n) is 4.97. The first kappa shape index (κ1) is 15.1. The lowest BCUT2D eigenvalue weighted by atomic mass is 10.1. The molecule has 0 spiro atoms. The maximum atomic E-state index is 12.5. The fourth-order valence-corrected chi connectivity index (χ4v) is 2.25. The maximum absolute atomic E-state index is 12.5. The van der Waals surface area contributed by atoms with Crippen LogP contribution in [0.1, 0.15) is 21.5 Å². The van der Waals surface area contributed by atoms with E-state index in [2.05, 4.69) is 15.3 Å². The molecule has 1 aromatic carbocycles. The second-order valence-corrected chi connectivity index (χ2v) is 4.97. The van der Waals surface area contributed by atoms with Crippen LogP contribution in [-0.4, -0.2) is 15.9 Å². The van der Waals surface area contributed by atoms with Crippen LogP contribution in [-0.2, 0) is 12.7 Å². The molecule has 3 aromatic rings. The highest BCUT2D eigenvalue weighted by Crippen LogP contribution is 2.29. The molecular weight excluding hydrogens is 307 g/mol. The van der Waals surface area contributed by atoms with Crippen molar-refractivity contribution >= 4 is 16.9 Å². The van der Waals surface area contributed by atoms with E-state index in [1.807, 2.05) is 6.07 Å². The maximum Gasteiger partial charge on any atom is 0.416 e. The van der Waals surface area contributed by atoms with Crippen LogP contribution in [0, 0.1) is 0 Å². The Hall–Kier alpha value is -2.83. The summed E-state index contributed by atoms with van der Waals surface area (Å²) in [5.41, 5.74) is 0.965. The quantitative estimate of drug-likeness (QED) is 0.776. The van der Waals surface area contributed by atoms with E-state index < -0.39 is 17.6 Å². The van der Waals surface area contributed by atoms with Crippen LogP contribution in [0.15, 0.2) is 48.8 Å². The molecule has 0 radical (unpaired) electrons. The van der Waals surface area contributed by atoms with Gasteiger partial charge >= 0.3 is 6.18 Å². The second kappa shape index (κ2) is 5.75. The normalized spacial score (nSPS) is 11.6. The predicted octanol–water partition coefficient (Wildman–Crippen LogP) is 3.51. The summed E-state index contributed by atoms with van der Waals surface area (Å²) >= 11 is 0. The van der Waals surface area contributed by atoms with Crippen molar-refractivity contribution in [3.8, 4) is 0 Å². The first-order valence-corrected chi connectivity index (χ1v) is 6.81. The van der Waals surface area contributed by atoms with Crippen LogP contribution in [0.5, 0.6) is 0 Å². The zero-order valence-electron chi connectivity index (χ0n) is 11.8. The third-order valence-electron chi connectivity index (χ3n) is 3.45. The zero-order chi connectivity index (χ0) is 16.4. The number of benzene rings is 1. The molecular formula is C16H12F3N3O. The van der Waals surface area contributed by atoms with E-state index in [4.69, 9.17) is 0 Å². The SMILES string of the molecule is O=C(NCc1c[nH]c2ncccc12)c1ccc(C(F)(F)F)cc1. The standard InChI is InChI=1S/C16H12F3N3O/c17-16(18,19)12-5-3-10(4-6-12)15(23)22-9-11-8-21-14-13(11)2-1-7-20-14/h1-8H,9H2,(H,20,21)(H,22,23). The van der Waals surface area contributed by atoms with E-state index >= 15 is 0 Å². The monoisotopic (exact) mass is 319 g/mol. The van der Waals surface area contributed by atoms with Gasteiger partial charge in [0.2, 0.25) is 0 Å². The van der Waals surface area contributed by atoms with Crippen molar-refractivity contribution < 1.29 is 18.0 Å². The Morgan fingerprint density at radius 1 is 1.17 bits per heavy atom. The molecule has 118 valence electrons. The van der Waals surface area contributed by atoms with Crippen LogP contribution in [0.4, 0.5) is 13.2 Å². The number of nitrogens with one attached hydrogen (secondary N) is 2. The van der Waals surface area contributed by atoms with Gasteiger partial charge in [-0.3, -0.25) is 4.79 Å². The molecule has 1 amide bonds. The number of rotatable bonds is 3. The number of nitrogens with zero attached hydrogens (tertiary/aromatic N) is 1. The number of amides is 1. The van der Waals surface area contributed by atoms with Crippen LogP contribution in [0.25, 0.3) is 11.0 Å². The summed E-state index contributed by atoms with van der Waals surface area (Å²) < 4.78 is 37.5. The number of hydrogen-bond acceptors (Lipinski definition) is 2. The molecule has 0 aliphatic rings. The number of carbonyl (C=O) groups is 1. The number of alkyl halides is 3. The van der Waals surface area contributed by atoms with Crippen molar-refractivity contribution in [1.29, 1.82) is 0 Å². The van der Waals surface area contributed by atoms with Gasteiger partial charge in [-0.1, -0.05) is 0 Å². The number of aromatic amines is 1. The molecule has 0 atom stereocenters. The Morgan fingerprint density at radius 2 is 1.91 bits per heavy atom. The van der Waals surface area contributed by atoms with Crippen molar-refractivity contribution in [1.82, 2.24) is 15.3 Å². The molecule has 3 rings (SSSR count). The number of aromatic nitrogens is 2. The molecule has 4 nitrogen and oxygen atoms in total. The summed E-state index contributed by atoms with van der Waals surface area (Å²) in [6.07, 6.45) is -1.01. The molecule has 0 fully saturated rings. The van der Waals surface area contributed by atoms with Crippen molar-refractivity contribution in [2.45, 2.75) is 12.7 Å². The van der Waals surface area contributed by atoms with Gasteiger partial charge in [-0.05, 0) is 42.0 Å². The molecule has 0 saturated heterocycles. The summed E-state index contributed by atoms with van der Waals surface area (Å²) in [6.45, 7) is 0.256. The molecule has 2 N–H and O–H groups in total. The highest BCUT2D eigenvalue weighted by Gasteiger charge is 2.30. The summed E-state index contributed by atoms with van der Waals surface area (Å²) in [6, 6.07) is 7.77. The lowest BCUT2D eigenvalue weighted by Crippen LogP contribution is -2.22. The van der Waals surface area contributed by atoms with E-state index in [1.165, 1.54) is 0 Å². The van der Waals surface area contributed by atoms with Gasteiger partial charge in [0.1, 0.15) is 5.65 Å². The number of pyridine rings is 1. The minimum absolute atomic E-state index is 0.177. The van der Waals surface area contributed by atoms with Gasteiger partial charge in [-0.2, -0.15) is 13.2 Å². The number of H-pyrrole nitrogens is 1. The predicted molar refractivity (Wildman–Crippen MR) is 78.7 cm³/mol. The van der Waals surface area contributed by atoms with Crippen molar-refractivity contribution in [2.24, 2.45) is 0 Å². The Labute approximate surface area is 129 Å². The summed E-state index contributed by atoms with van der Waals surface area (Å²) in [7, 11) is 0. The lowest BCUT2D eigenvalue weighted by Gasteiger charge is -2.08. The molecule has 0 unspecified atom stereocenters. The molecule has 0 bridgehead atoms. The summed E-state index contributed by atoms with van der Waals surface area (Å²) in [5, 5.41) is 3.57. The van der Waals surface area contributed by atoms with E-state index in [0.717, 1.165) is 35.2 Å². The molecule has 0 aliphatic heterocycles. The fraction of sp³-hybridized carbons (Fsp3) is 0.125. The third kappa shape index (κ3) is 3.18. The summed E-state index contributed by atoms with van der Waals surface area (Å²) in [5.74, 6) is -0.433. The van der Waals surface area contributed by atoms with Crippen LogP contribution < -0.4 is 5.32 Å². The largest absolute Gasteiger partial charge is 0.416 e. The fourth-order valence-electron chi connectivity index (χ4n) is 2.25. The average Bonchev–Trinajstić information content (AvgIpc) is 2.95. The van der Waals surface area contributed by atoms with Crippen LogP contribution in [0.2, 0.25) is 0 Å². The van der Waals surface area contributed by atoms with Gasteiger partial charge < -0.3 is 10.3 Å². The van der Waals surface area contributed by atoms with Crippen LogP contribution in [0.3, 0.4) is 0 Å². The Balaban J connectivity index is 1.70. The Bertz CT molecular complexity index is 838. The Kier molecular flexibility index (Phi) is 3.77.